The smallest absolute Gasteiger partial charge is 0.307 e. The van der Waals surface area contributed by atoms with Crippen LogP contribution in [0.1, 0.15) is 23.4 Å². The molecule has 136 valence electrons. The molecular weight excluding hydrogens is 344 g/mol. The van der Waals surface area contributed by atoms with Crippen molar-refractivity contribution in [1.82, 2.24) is 19.7 Å². The van der Waals surface area contributed by atoms with Crippen LogP contribution >= 0.6 is 0 Å². The summed E-state index contributed by atoms with van der Waals surface area (Å²) in [6, 6.07) is 13.3. The van der Waals surface area contributed by atoms with E-state index in [0.29, 0.717) is 29.4 Å². The summed E-state index contributed by atoms with van der Waals surface area (Å²) in [5.41, 5.74) is 2.36. The molecule has 0 saturated heterocycles. The number of hydrogen-bond donors (Lipinski definition) is 1. The number of carbonyl (C=O) groups is 1. The van der Waals surface area contributed by atoms with E-state index in [0.717, 1.165) is 5.69 Å². The van der Waals surface area contributed by atoms with Gasteiger partial charge in [0, 0.05) is 18.9 Å². The van der Waals surface area contributed by atoms with Gasteiger partial charge in [0.1, 0.15) is 18.2 Å². The summed E-state index contributed by atoms with van der Waals surface area (Å²) in [6.07, 6.45) is 3.38. The number of rotatable bonds is 7. The highest BCUT2D eigenvalue weighted by Crippen LogP contribution is 2.19. The van der Waals surface area contributed by atoms with Gasteiger partial charge in [-0.1, -0.05) is 18.2 Å². The molecule has 0 bridgehead atoms. The molecule has 2 aromatic heterocycles. The second-order valence-electron chi connectivity index (χ2n) is 5.68. The molecule has 0 saturated carbocycles. The standard InChI is InChI=1S/C19H18N6O2/c1-14-16(12-20)17(25(24-14)15-6-3-2-4-7-15)13-27-18(26)8-11-23-19-21-9-5-10-22-19/h2-7,9-10H,8,11,13H2,1H3,(H,21,22,23). The Bertz CT molecular complexity index is 948. The topological polar surface area (TPSA) is 106 Å². The third-order valence-electron chi connectivity index (χ3n) is 3.82. The van der Waals surface area contributed by atoms with Gasteiger partial charge in [-0.2, -0.15) is 10.4 Å². The molecule has 0 fully saturated rings. The van der Waals surface area contributed by atoms with Crippen LogP contribution in [0.15, 0.2) is 48.8 Å². The molecule has 3 aromatic rings. The lowest BCUT2D eigenvalue weighted by Gasteiger charge is -2.09. The van der Waals surface area contributed by atoms with Gasteiger partial charge in [-0.25, -0.2) is 14.6 Å². The van der Waals surface area contributed by atoms with Gasteiger partial charge in [-0.3, -0.25) is 4.79 Å². The summed E-state index contributed by atoms with van der Waals surface area (Å²) in [7, 11) is 0. The molecule has 0 amide bonds. The lowest BCUT2D eigenvalue weighted by molar-refractivity contribution is -0.144. The van der Waals surface area contributed by atoms with Crippen molar-refractivity contribution in [2.45, 2.75) is 20.0 Å². The van der Waals surface area contributed by atoms with Gasteiger partial charge in [0.2, 0.25) is 5.95 Å². The highest BCUT2D eigenvalue weighted by molar-refractivity contribution is 5.70. The molecule has 0 atom stereocenters. The number of nitrogens with one attached hydrogen (secondary N) is 1. The first-order valence-electron chi connectivity index (χ1n) is 8.39. The number of para-hydroxylation sites is 1. The zero-order valence-electron chi connectivity index (χ0n) is 14.8. The summed E-state index contributed by atoms with van der Waals surface area (Å²) in [5, 5.41) is 16.8. The Balaban J connectivity index is 1.63. The maximum Gasteiger partial charge on any atom is 0.307 e. The van der Waals surface area contributed by atoms with E-state index in [1.807, 2.05) is 30.3 Å². The predicted octanol–water partition coefficient (Wildman–Crippen LogP) is 2.39. The Morgan fingerprint density at radius 1 is 1.22 bits per heavy atom. The minimum atomic E-state index is -0.388. The fourth-order valence-corrected chi connectivity index (χ4v) is 2.52. The normalized spacial score (nSPS) is 10.2. The molecule has 3 rings (SSSR count). The van der Waals surface area contributed by atoms with Gasteiger partial charge in [0.05, 0.1) is 23.5 Å². The van der Waals surface area contributed by atoms with Crippen molar-refractivity contribution >= 4 is 11.9 Å². The summed E-state index contributed by atoms with van der Waals surface area (Å²) in [4.78, 5) is 20.1. The minimum Gasteiger partial charge on any atom is -0.459 e. The zero-order chi connectivity index (χ0) is 19.1. The number of anilines is 1. The molecule has 1 aromatic carbocycles. The zero-order valence-corrected chi connectivity index (χ0v) is 14.8. The van der Waals surface area contributed by atoms with E-state index in [9.17, 15) is 10.1 Å². The second-order valence-corrected chi connectivity index (χ2v) is 5.68. The van der Waals surface area contributed by atoms with Crippen molar-refractivity contribution < 1.29 is 9.53 Å². The molecule has 0 radical (unpaired) electrons. The second kappa shape index (κ2) is 8.58. The number of ether oxygens (including phenoxy) is 1. The van der Waals surface area contributed by atoms with E-state index in [1.54, 1.807) is 30.1 Å². The molecule has 0 unspecified atom stereocenters. The first kappa shape index (κ1) is 18.1. The van der Waals surface area contributed by atoms with Crippen molar-refractivity contribution in [2.75, 3.05) is 11.9 Å². The SMILES string of the molecule is Cc1nn(-c2ccccc2)c(COC(=O)CCNc2ncccn2)c1C#N. The summed E-state index contributed by atoms with van der Waals surface area (Å²) >= 11 is 0. The molecule has 27 heavy (non-hydrogen) atoms. The Morgan fingerprint density at radius 3 is 2.67 bits per heavy atom. The Hall–Kier alpha value is -3.73. The van der Waals surface area contributed by atoms with Crippen LogP contribution in [0, 0.1) is 18.3 Å². The number of aromatic nitrogens is 4. The molecule has 0 aliphatic heterocycles. The maximum absolute atomic E-state index is 12.0. The highest BCUT2D eigenvalue weighted by Gasteiger charge is 2.18. The maximum atomic E-state index is 12.0. The van der Waals surface area contributed by atoms with Crippen molar-refractivity contribution in [3.63, 3.8) is 0 Å². The van der Waals surface area contributed by atoms with Crippen molar-refractivity contribution in [3.05, 3.63) is 65.7 Å². The molecule has 8 heteroatoms. The average molecular weight is 362 g/mol. The fraction of sp³-hybridized carbons (Fsp3) is 0.211. The van der Waals surface area contributed by atoms with E-state index >= 15 is 0 Å². The van der Waals surface area contributed by atoms with Gasteiger partial charge < -0.3 is 10.1 Å². The molecule has 2 heterocycles. The number of benzene rings is 1. The first-order chi connectivity index (χ1) is 13.2. The molecule has 8 nitrogen and oxygen atoms in total. The molecule has 0 aliphatic rings. The Morgan fingerprint density at radius 2 is 1.96 bits per heavy atom. The number of esters is 1. The van der Waals surface area contributed by atoms with Crippen molar-refractivity contribution in [2.24, 2.45) is 0 Å². The van der Waals surface area contributed by atoms with E-state index in [4.69, 9.17) is 4.74 Å². The summed E-state index contributed by atoms with van der Waals surface area (Å²) < 4.78 is 6.99. The van der Waals surface area contributed by atoms with Crippen LogP contribution in [0.2, 0.25) is 0 Å². The molecule has 0 aliphatic carbocycles. The van der Waals surface area contributed by atoms with Crippen LogP contribution in [0.25, 0.3) is 5.69 Å². The third kappa shape index (κ3) is 4.46. The van der Waals surface area contributed by atoms with Crippen molar-refractivity contribution in [1.29, 1.82) is 5.26 Å². The monoisotopic (exact) mass is 362 g/mol. The van der Waals surface area contributed by atoms with Gasteiger partial charge in [0.15, 0.2) is 0 Å². The van der Waals surface area contributed by atoms with Crippen LogP contribution in [-0.2, 0) is 16.1 Å². The summed E-state index contributed by atoms with van der Waals surface area (Å²) in [5.74, 6) is 0.0654. The molecular formula is C19H18N6O2. The number of hydrogen-bond acceptors (Lipinski definition) is 7. The predicted molar refractivity (Wildman–Crippen MR) is 98.0 cm³/mol. The number of nitrogens with zero attached hydrogens (tertiary/aromatic N) is 5. The van der Waals surface area contributed by atoms with Crippen LogP contribution in [-0.4, -0.2) is 32.3 Å². The van der Waals surface area contributed by atoms with E-state index in [-0.39, 0.29) is 19.0 Å². The third-order valence-corrected chi connectivity index (χ3v) is 3.82. The van der Waals surface area contributed by atoms with E-state index < -0.39 is 0 Å². The number of carbonyl (C=O) groups excluding carboxylic acids is 1. The Kier molecular flexibility index (Phi) is 5.74. The van der Waals surface area contributed by atoms with Crippen LogP contribution in [0.5, 0.6) is 0 Å². The van der Waals surface area contributed by atoms with Crippen LogP contribution in [0.4, 0.5) is 5.95 Å². The summed E-state index contributed by atoms with van der Waals surface area (Å²) in [6.45, 7) is 2.08. The number of nitriles is 1. The average Bonchev–Trinajstić information content (AvgIpc) is 3.03. The molecule has 0 spiro atoms. The molecule has 1 N–H and O–H groups in total. The minimum absolute atomic E-state index is 0.0285. The quantitative estimate of drug-likeness (QED) is 0.643. The lowest BCUT2D eigenvalue weighted by Crippen LogP contribution is -2.14. The highest BCUT2D eigenvalue weighted by atomic mass is 16.5. The van der Waals surface area contributed by atoms with Gasteiger partial charge >= 0.3 is 5.97 Å². The first-order valence-corrected chi connectivity index (χ1v) is 8.39. The van der Waals surface area contributed by atoms with Gasteiger partial charge in [-0.05, 0) is 25.1 Å². The Labute approximate surface area is 156 Å². The fourth-order valence-electron chi connectivity index (χ4n) is 2.52. The van der Waals surface area contributed by atoms with Gasteiger partial charge in [-0.15, -0.1) is 0 Å². The van der Waals surface area contributed by atoms with Crippen LogP contribution in [0.3, 0.4) is 0 Å². The largest absolute Gasteiger partial charge is 0.459 e. The van der Waals surface area contributed by atoms with E-state index in [1.165, 1.54) is 0 Å². The number of aryl methyl sites for hydroxylation is 1. The van der Waals surface area contributed by atoms with Crippen molar-refractivity contribution in [3.8, 4) is 11.8 Å². The van der Waals surface area contributed by atoms with Gasteiger partial charge in [0.25, 0.3) is 0 Å². The lowest BCUT2D eigenvalue weighted by atomic mass is 10.2. The van der Waals surface area contributed by atoms with E-state index in [2.05, 4.69) is 26.5 Å². The van der Waals surface area contributed by atoms with Crippen LogP contribution < -0.4 is 5.32 Å².